The van der Waals surface area contributed by atoms with Crippen molar-refractivity contribution in [2.45, 2.75) is 18.6 Å². The quantitative estimate of drug-likeness (QED) is 0.777. The van der Waals surface area contributed by atoms with Gasteiger partial charge in [-0.15, -0.1) is 0 Å². The smallest absolute Gasteiger partial charge is 0.272 e. The summed E-state index contributed by atoms with van der Waals surface area (Å²) in [6.07, 6.45) is 4.10. The maximum Gasteiger partial charge on any atom is 0.272 e. The van der Waals surface area contributed by atoms with E-state index in [1.807, 2.05) is 36.4 Å². The molecule has 23 heavy (non-hydrogen) atoms. The van der Waals surface area contributed by atoms with Gasteiger partial charge in [-0.25, -0.2) is 0 Å². The average Bonchev–Trinajstić information content (AvgIpc) is 3.22. The maximum atomic E-state index is 12.6. The molecule has 6 nitrogen and oxygen atoms in total. The fourth-order valence-electron chi connectivity index (χ4n) is 2.98. The Kier molecular flexibility index (Phi) is 3.51. The van der Waals surface area contributed by atoms with Gasteiger partial charge in [-0.1, -0.05) is 24.3 Å². The standard InChI is InChI=1S/C17H16N4O2/c22-17(15-12-5-1-2-6-13(12)20-21-15)19-14-7-9-23-16(14)11-4-3-8-18-10-11/h1-6,8,10,14,16H,7,9H2,(H,19,22)(H,20,21)/t14-,16+/m0/s1. The topological polar surface area (TPSA) is 79.9 Å². The minimum absolute atomic E-state index is 0.0813. The number of ether oxygens (including phenoxy) is 1. The van der Waals surface area contributed by atoms with Crippen molar-refractivity contribution in [2.24, 2.45) is 0 Å². The van der Waals surface area contributed by atoms with Crippen LogP contribution in [-0.2, 0) is 4.74 Å². The molecule has 1 saturated heterocycles. The van der Waals surface area contributed by atoms with Crippen LogP contribution in [0.4, 0.5) is 0 Å². The molecule has 1 aromatic carbocycles. The second kappa shape index (κ2) is 5.81. The van der Waals surface area contributed by atoms with Crippen molar-refractivity contribution in [1.29, 1.82) is 0 Å². The highest BCUT2D eigenvalue weighted by Crippen LogP contribution is 2.29. The zero-order valence-electron chi connectivity index (χ0n) is 12.4. The van der Waals surface area contributed by atoms with Crippen LogP contribution in [0.25, 0.3) is 10.9 Å². The number of amides is 1. The molecule has 1 fully saturated rings. The second-order valence-electron chi connectivity index (χ2n) is 5.56. The van der Waals surface area contributed by atoms with Crippen LogP contribution in [0.1, 0.15) is 28.6 Å². The predicted molar refractivity (Wildman–Crippen MR) is 84.9 cm³/mol. The minimum Gasteiger partial charge on any atom is -0.371 e. The third kappa shape index (κ3) is 2.57. The van der Waals surface area contributed by atoms with Crippen molar-refractivity contribution >= 4 is 16.8 Å². The summed E-state index contributed by atoms with van der Waals surface area (Å²) in [7, 11) is 0. The maximum absolute atomic E-state index is 12.6. The van der Waals surface area contributed by atoms with Gasteiger partial charge >= 0.3 is 0 Å². The van der Waals surface area contributed by atoms with E-state index in [2.05, 4.69) is 20.5 Å². The number of fused-ring (bicyclic) bond motifs is 1. The number of para-hydroxylation sites is 1. The van der Waals surface area contributed by atoms with Crippen molar-refractivity contribution in [3.63, 3.8) is 0 Å². The third-order valence-corrected chi connectivity index (χ3v) is 4.11. The van der Waals surface area contributed by atoms with Gasteiger partial charge in [0.1, 0.15) is 6.10 Å². The van der Waals surface area contributed by atoms with Crippen LogP contribution in [0.15, 0.2) is 48.8 Å². The molecule has 1 aliphatic heterocycles. The van der Waals surface area contributed by atoms with Crippen LogP contribution in [0.2, 0.25) is 0 Å². The molecular formula is C17H16N4O2. The molecule has 2 atom stereocenters. The van der Waals surface area contributed by atoms with Gasteiger partial charge in [-0.05, 0) is 18.6 Å². The highest BCUT2D eigenvalue weighted by molar-refractivity contribution is 6.04. The molecule has 0 bridgehead atoms. The Morgan fingerprint density at radius 1 is 1.26 bits per heavy atom. The molecule has 1 aliphatic rings. The summed E-state index contributed by atoms with van der Waals surface area (Å²) < 4.78 is 5.77. The van der Waals surface area contributed by atoms with E-state index < -0.39 is 0 Å². The van der Waals surface area contributed by atoms with Gasteiger partial charge in [0.15, 0.2) is 5.69 Å². The molecule has 6 heteroatoms. The number of pyridine rings is 1. The SMILES string of the molecule is O=C(N[C@H]1CCO[C@@H]1c1cccnc1)c1n[nH]c2ccccc12. The second-order valence-corrected chi connectivity index (χ2v) is 5.56. The molecular weight excluding hydrogens is 292 g/mol. The van der Waals surface area contributed by atoms with Crippen molar-refractivity contribution in [1.82, 2.24) is 20.5 Å². The first-order valence-electron chi connectivity index (χ1n) is 7.58. The number of rotatable bonds is 3. The van der Waals surface area contributed by atoms with Gasteiger partial charge in [-0.3, -0.25) is 14.9 Å². The number of H-pyrrole nitrogens is 1. The fraction of sp³-hybridized carbons (Fsp3) is 0.235. The lowest BCUT2D eigenvalue weighted by molar-refractivity contribution is 0.0818. The normalized spacial score (nSPS) is 20.7. The first-order chi connectivity index (χ1) is 11.3. The van der Waals surface area contributed by atoms with E-state index in [1.54, 1.807) is 12.4 Å². The summed E-state index contributed by atoms with van der Waals surface area (Å²) >= 11 is 0. The molecule has 4 rings (SSSR count). The Balaban J connectivity index is 1.56. The number of nitrogens with one attached hydrogen (secondary N) is 2. The molecule has 0 radical (unpaired) electrons. The van der Waals surface area contributed by atoms with Gasteiger partial charge in [0, 0.05) is 30.0 Å². The summed E-state index contributed by atoms with van der Waals surface area (Å²) in [6.45, 7) is 0.617. The first kappa shape index (κ1) is 13.9. The molecule has 2 N–H and O–H groups in total. The van der Waals surface area contributed by atoms with Gasteiger partial charge in [-0.2, -0.15) is 5.10 Å². The predicted octanol–water partition coefficient (Wildman–Crippen LogP) is 2.22. The van der Waals surface area contributed by atoms with E-state index >= 15 is 0 Å². The number of carbonyl (C=O) groups is 1. The van der Waals surface area contributed by atoms with Crippen molar-refractivity contribution in [3.8, 4) is 0 Å². The van der Waals surface area contributed by atoms with Gasteiger partial charge in [0.05, 0.1) is 11.6 Å². The highest BCUT2D eigenvalue weighted by atomic mass is 16.5. The molecule has 0 spiro atoms. The summed E-state index contributed by atoms with van der Waals surface area (Å²) in [6, 6.07) is 11.3. The molecule has 3 heterocycles. The Hall–Kier alpha value is -2.73. The number of nitrogens with zero attached hydrogens (tertiary/aromatic N) is 2. The van der Waals surface area contributed by atoms with E-state index in [-0.39, 0.29) is 18.1 Å². The number of hydrogen-bond donors (Lipinski definition) is 2. The van der Waals surface area contributed by atoms with E-state index in [9.17, 15) is 4.79 Å². The number of aromatic amines is 1. The van der Waals surface area contributed by atoms with Crippen LogP contribution < -0.4 is 5.32 Å². The monoisotopic (exact) mass is 308 g/mol. The number of hydrogen-bond acceptors (Lipinski definition) is 4. The first-order valence-corrected chi connectivity index (χ1v) is 7.58. The van der Waals surface area contributed by atoms with Gasteiger partial charge in [0.2, 0.25) is 0 Å². The van der Waals surface area contributed by atoms with E-state index in [4.69, 9.17) is 4.74 Å². The molecule has 0 saturated carbocycles. The number of benzene rings is 1. The van der Waals surface area contributed by atoms with Crippen molar-refractivity contribution < 1.29 is 9.53 Å². The summed E-state index contributed by atoms with van der Waals surface area (Å²) in [4.78, 5) is 16.7. The zero-order valence-corrected chi connectivity index (χ0v) is 12.4. The molecule has 2 aromatic heterocycles. The molecule has 116 valence electrons. The third-order valence-electron chi connectivity index (χ3n) is 4.11. The lowest BCUT2D eigenvalue weighted by atomic mass is 10.0. The van der Waals surface area contributed by atoms with Crippen LogP contribution >= 0.6 is 0 Å². The van der Waals surface area contributed by atoms with E-state index in [0.29, 0.717) is 12.3 Å². The largest absolute Gasteiger partial charge is 0.371 e. The zero-order chi connectivity index (χ0) is 15.6. The summed E-state index contributed by atoms with van der Waals surface area (Å²) in [5, 5.41) is 10.9. The Labute approximate surface area is 132 Å². The van der Waals surface area contributed by atoms with Crippen LogP contribution in [0, 0.1) is 0 Å². The Morgan fingerprint density at radius 3 is 3.04 bits per heavy atom. The van der Waals surface area contributed by atoms with Crippen molar-refractivity contribution in [3.05, 3.63) is 60.0 Å². The summed E-state index contributed by atoms with van der Waals surface area (Å²) in [5.41, 5.74) is 2.24. The lowest BCUT2D eigenvalue weighted by Gasteiger charge is -2.19. The van der Waals surface area contributed by atoms with Crippen LogP contribution in [0.5, 0.6) is 0 Å². The summed E-state index contributed by atoms with van der Waals surface area (Å²) in [5.74, 6) is -0.188. The van der Waals surface area contributed by atoms with Crippen LogP contribution in [-0.4, -0.2) is 33.7 Å². The molecule has 0 aliphatic carbocycles. The number of carbonyl (C=O) groups excluding carboxylic acids is 1. The Morgan fingerprint density at radius 2 is 2.17 bits per heavy atom. The molecule has 0 unspecified atom stereocenters. The van der Waals surface area contributed by atoms with E-state index in [1.165, 1.54) is 0 Å². The molecule has 3 aromatic rings. The van der Waals surface area contributed by atoms with Crippen molar-refractivity contribution in [2.75, 3.05) is 6.61 Å². The minimum atomic E-state index is -0.188. The van der Waals surface area contributed by atoms with Gasteiger partial charge in [0.25, 0.3) is 5.91 Å². The number of aromatic nitrogens is 3. The molecule has 1 amide bonds. The highest BCUT2D eigenvalue weighted by Gasteiger charge is 2.32. The lowest BCUT2D eigenvalue weighted by Crippen LogP contribution is -2.37. The van der Waals surface area contributed by atoms with E-state index in [0.717, 1.165) is 22.9 Å². The Bertz CT molecular complexity index is 831. The van der Waals surface area contributed by atoms with Crippen LogP contribution in [0.3, 0.4) is 0 Å². The fourth-order valence-corrected chi connectivity index (χ4v) is 2.98. The van der Waals surface area contributed by atoms with Gasteiger partial charge < -0.3 is 10.1 Å². The average molecular weight is 308 g/mol.